The topological polar surface area (TPSA) is 84.5 Å². The van der Waals surface area contributed by atoms with Crippen LogP contribution in [0.4, 0.5) is 0 Å². The molecule has 2 fully saturated rings. The molecule has 4 heterocycles. The number of hydrogen-bond acceptors (Lipinski definition) is 4. The van der Waals surface area contributed by atoms with Crippen LogP contribution in [0.2, 0.25) is 0 Å². The van der Waals surface area contributed by atoms with E-state index < -0.39 is 0 Å². The van der Waals surface area contributed by atoms with Gasteiger partial charge in [-0.25, -0.2) is 0 Å². The zero-order valence-corrected chi connectivity index (χ0v) is 18.4. The molecule has 2 amide bonds. The van der Waals surface area contributed by atoms with Gasteiger partial charge >= 0.3 is 0 Å². The van der Waals surface area contributed by atoms with Crippen molar-refractivity contribution in [2.75, 3.05) is 13.1 Å². The molecule has 1 N–H and O–H groups in total. The molecule has 4 atom stereocenters. The number of carbonyl (C=O) groups excluding carboxylic acids is 2. The highest BCUT2D eigenvalue weighted by atomic mass is 16.3. The van der Waals surface area contributed by atoms with E-state index in [2.05, 4.69) is 5.32 Å². The van der Waals surface area contributed by atoms with Crippen LogP contribution in [0.15, 0.2) is 45.8 Å². The maximum atomic E-state index is 12.9. The van der Waals surface area contributed by atoms with E-state index in [9.17, 15) is 14.4 Å². The van der Waals surface area contributed by atoms with Crippen molar-refractivity contribution >= 4 is 11.8 Å². The van der Waals surface area contributed by atoms with Crippen molar-refractivity contribution in [3.05, 3.63) is 58.4 Å². The van der Waals surface area contributed by atoms with Crippen LogP contribution in [0.5, 0.6) is 0 Å². The van der Waals surface area contributed by atoms with Crippen molar-refractivity contribution < 1.29 is 14.0 Å². The van der Waals surface area contributed by atoms with Gasteiger partial charge in [-0.2, -0.15) is 0 Å². The summed E-state index contributed by atoms with van der Waals surface area (Å²) in [6, 6.07) is 9.46. The van der Waals surface area contributed by atoms with Gasteiger partial charge in [0, 0.05) is 62.6 Å². The van der Waals surface area contributed by atoms with Gasteiger partial charge in [-0.1, -0.05) is 12.5 Å². The Balaban J connectivity index is 1.13. The largest absolute Gasteiger partial charge is 0.469 e. The van der Waals surface area contributed by atoms with E-state index >= 15 is 0 Å². The molecule has 0 aromatic carbocycles. The predicted molar refractivity (Wildman–Crippen MR) is 119 cm³/mol. The number of piperidine rings is 1. The number of amides is 2. The number of pyridine rings is 1. The molecular weight excluding hydrogens is 406 g/mol. The molecule has 2 aliphatic heterocycles. The minimum Gasteiger partial charge on any atom is -0.469 e. The molecule has 2 bridgehead atoms. The highest BCUT2D eigenvalue weighted by molar-refractivity contribution is 5.84. The zero-order chi connectivity index (χ0) is 22.1. The Bertz CT molecular complexity index is 1030. The lowest BCUT2D eigenvalue weighted by molar-refractivity contribution is -0.136. The third-order valence-corrected chi connectivity index (χ3v) is 7.45. The molecule has 1 saturated heterocycles. The molecule has 32 heavy (non-hydrogen) atoms. The van der Waals surface area contributed by atoms with Crippen LogP contribution < -0.4 is 10.9 Å². The van der Waals surface area contributed by atoms with Crippen LogP contribution in [0, 0.1) is 11.8 Å². The lowest BCUT2D eigenvalue weighted by Crippen LogP contribution is -2.49. The summed E-state index contributed by atoms with van der Waals surface area (Å²) in [4.78, 5) is 39.6. The molecule has 0 radical (unpaired) electrons. The van der Waals surface area contributed by atoms with Crippen LogP contribution in [-0.2, 0) is 22.6 Å². The Morgan fingerprint density at radius 2 is 1.97 bits per heavy atom. The Morgan fingerprint density at radius 3 is 2.81 bits per heavy atom. The molecular formula is C25H31N3O4. The second-order valence-corrected chi connectivity index (χ2v) is 9.65. The second-order valence-electron chi connectivity index (χ2n) is 9.65. The maximum Gasteiger partial charge on any atom is 0.250 e. The third-order valence-electron chi connectivity index (χ3n) is 7.45. The summed E-state index contributed by atoms with van der Waals surface area (Å²) < 4.78 is 7.34. The smallest absolute Gasteiger partial charge is 0.250 e. The lowest BCUT2D eigenvalue weighted by Gasteiger charge is -2.42. The van der Waals surface area contributed by atoms with Gasteiger partial charge in [0.25, 0.3) is 5.56 Å². The number of nitrogens with zero attached hydrogens (tertiary/aromatic N) is 2. The normalized spacial score (nSPS) is 26.6. The van der Waals surface area contributed by atoms with Crippen LogP contribution >= 0.6 is 0 Å². The predicted octanol–water partition coefficient (Wildman–Crippen LogP) is 2.69. The van der Waals surface area contributed by atoms with E-state index in [1.165, 1.54) is 0 Å². The highest BCUT2D eigenvalue weighted by Crippen LogP contribution is 2.35. The zero-order valence-electron chi connectivity index (χ0n) is 18.4. The van der Waals surface area contributed by atoms with E-state index in [0.717, 1.165) is 43.6 Å². The Hall–Kier alpha value is -2.83. The van der Waals surface area contributed by atoms with Gasteiger partial charge in [-0.15, -0.1) is 0 Å². The first kappa shape index (κ1) is 21.0. The molecule has 7 heteroatoms. The van der Waals surface area contributed by atoms with Crippen molar-refractivity contribution in [2.24, 2.45) is 11.8 Å². The van der Waals surface area contributed by atoms with Gasteiger partial charge in [-0.05, 0) is 49.3 Å². The number of nitrogens with one attached hydrogen (secondary N) is 1. The van der Waals surface area contributed by atoms with Crippen LogP contribution in [-0.4, -0.2) is 40.4 Å². The highest BCUT2D eigenvalue weighted by Gasteiger charge is 2.36. The fraction of sp³-hybridized carbons (Fsp3) is 0.560. The molecule has 1 saturated carbocycles. The first-order valence-corrected chi connectivity index (χ1v) is 11.9. The molecule has 5 rings (SSSR count). The third kappa shape index (κ3) is 4.38. The summed E-state index contributed by atoms with van der Waals surface area (Å²) in [5.41, 5.74) is 1.08. The van der Waals surface area contributed by atoms with Crippen molar-refractivity contribution in [1.29, 1.82) is 0 Å². The van der Waals surface area contributed by atoms with E-state index in [4.69, 9.17) is 4.42 Å². The number of furan rings is 1. The van der Waals surface area contributed by atoms with Gasteiger partial charge in [0.05, 0.1) is 6.26 Å². The van der Waals surface area contributed by atoms with Crippen molar-refractivity contribution in [3.8, 4) is 0 Å². The molecule has 0 unspecified atom stereocenters. The quantitative estimate of drug-likeness (QED) is 0.753. The summed E-state index contributed by atoms with van der Waals surface area (Å²) in [5.74, 6) is 1.87. The van der Waals surface area contributed by atoms with Gasteiger partial charge in [0.15, 0.2) is 0 Å². The summed E-state index contributed by atoms with van der Waals surface area (Å²) >= 11 is 0. The molecule has 170 valence electrons. The van der Waals surface area contributed by atoms with Gasteiger partial charge in [0.1, 0.15) is 5.76 Å². The van der Waals surface area contributed by atoms with E-state index in [1.54, 1.807) is 12.3 Å². The van der Waals surface area contributed by atoms with Crippen LogP contribution in [0.25, 0.3) is 0 Å². The van der Waals surface area contributed by atoms with Crippen LogP contribution in [0.1, 0.15) is 55.9 Å². The monoisotopic (exact) mass is 437 g/mol. The lowest BCUT2D eigenvalue weighted by atomic mass is 9.83. The van der Waals surface area contributed by atoms with Gasteiger partial charge in [0.2, 0.25) is 11.8 Å². The Kier molecular flexibility index (Phi) is 5.89. The maximum absolute atomic E-state index is 12.9. The number of carbonyl (C=O) groups is 2. The molecule has 0 spiro atoms. The molecule has 7 nitrogen and oxygen atoms in total. The fourth-order valence-electron chi connectivity index (χ4n) is 5.92. The average molecular weight is 438 g/mol. The molecule has 2 aromatic heterocycles. The fourth-order valence-corrected chi connectivity index (χ4v) is 5.92. The summed E-state index contributed by atoms with van der Waals surface area (Å²) in [6.07, 6.45) is 7.20. The van der Waals surface area contributed by atoms with Crippen LogP contribution in [0.3, 0.4) is 0 Å². The average Bonchev–Trinajstić information content (AvgIpc) is 3.45. The second kappa shape index (κ2) is 8.96. The van der Waals surface area contributed by atoms with Crippen molar-refractivity contribution in [3.63, 3.8) is 0 Å². The Morgan fingerprint density at radius 1 is 1.06 bits per heavy atom. The van der Waals surface area contributed by atoms with Crippen molar-refractivity contribution in [1.82, 2.24) is 14.8 Å². The van der Waals surface area contributed by atoms with E-state index in [-0.39, 0.29) is 42.2 Å². The molecule has 1 aliphatic carbocycles. The minimum absolute atomic E-state index is 0.0382. The number of likely N-dealkylation sites (tertiary alicyclic amines) is 1. The number of fused-ring (bicyclic) bond motifs is 4. The minimum atomic E-state index is -0.0382. The number of aromatic nitrogens is 1. The SMILES string of the molecule is O=C(CCC(=O)N1C[C@@H]2C[C@H](C1)c1cccc(=O)n1C2)N[C@H]1CCC[C@H]1Cc1ccco1. The van der Waals surface area contributed by atoms with Crippen molar-refractivity contribution in [2.45, 2.75) is 63.5 Å². The first-order valence-electron chi connectivity index (χ1n) is 11.9. The van der Waals surface area contributed by atoms with Gasteiger partial charge in [-0.3, -0.25) is 14.4 Å². The van der Waals surface area contributed by atoms with E-state index in [0.29, 0.717) is 31.5 Å². The van der Waals surface area contributed by atoms with E-state index in [1.807, 2.05) is 33.7 Å². The summed E-state index contributed by atoms with van der Waals surface area (Å²) in [7, 11) is 0. The number of rotatable bonds is 6. The Labute approximate surface area is 187 Å². The first-order chi connectivity index (χ1) is 15.6. The van der Waals surface area contributed by atoms with Gasteiger partial charge < -0.3 is 19.2 Å². The number of hydrogen-bond donors (Lipinski definition) is 1. The standard InChI is InChI=1S/C25H31N3O4/c29-23(26-21-6-1-4-18(21)13-20-5-3-11-32-20)9-10-24(30)27-14-17-12-19(16-27)22-7-2-8-25(31)28(22)15-17/h2-3,5,7-8,11,17-19,21H,1,4,6,9-10,12-16H2,(H,26,29)/t17-,18-,19+,21-/m0/s1. The molecule has 3 aliphatic rings. The molecule has 2 aromatic rings. The summed E-state index contributed by atoms with van der Waals surface area (Å²) in [6.45, 7) is 1.98. The summed E-state index contributed by atoms with van der Waals surface area (Å²) in [5, 5.41) is 3.17.